The summed E-state index contributed by atoms with van der Waals surface area (Å²) >= 11 is 5.81. The van der Waals surface area contributed by atoms with Gasteiger partial charge in [0.15, 0.2) is 0 Å². The SMILES string of the molecule is Cc1nc(Cl)ccc1NC(=O)c1cccc2[nH]ccc12. The van der Waals surface area contributed by atoms with Crippen molar-refractivity contribution in [2.75, 3.05) is 5.32 Å². The Morgan fingerprint density at radius 2 is 2.10 bits per heavy atom. The summed E-state index contributed by atoms with van der Waals surface area (Å²) in [6.07, 6.45) is 1.82. The standard InChI is InChI=1S/C15H12ClN3O/c1-9-12(5-6-14(16)18-9)19-15(20)11-3-2-4-13-10(11)7-8-17-13/h2-8,17H,1H3,(H,19,20). The summed E-state index contributed by atoms with van der Waals surface area (Å²) in [7, 11) is 0. The highest BCUT2D eigenvalue weighted by atomic mass is 35.5. The van der Waals surface area contributed by atoms with Gasteiger partial charge in [0, 0.05) is 22.7 Å². The molecule has 3 rings (SSSR count). The van der Waals surface area contributed by atoms with E-state index in [1.807, 2.05) is 24.4 Å². The van der Waals surface area contributed by atoms with Gasteiger partial charge in [0.1, 0.15) is 5.15 Å². The second kappa shape index (κ2) is 4.98. The van der Waals surface area contributed by atoms with Crippen molar-refractivity contribution in [3.63, 3.8) is 0 Å². The Kier molecular flexibility index (Phi) is 3.16. The van der Waals surface area contributed by atoms with Crippen molar-refractivity contribution in [2.45, 2.75) is 6.92 Å². The maximum Gasteiger partial charge on any atom is 0.256 e. The minimum Gasteiger partial charge on any atom is -0.361 e. The number of aryl methyl sites for hydroxylation is 1. The Balaban J connectivity index is 1.95. The van der Waals surface area contributed by atoms with Crippen molar-refractivity contribution in [1.29, 1.82) is 0 Å². The maximum absolute atomic E-state index is 12.4. The van der Waals surface area contributed by atoms with Crippen LogP contribution in [0.3, 0.4) is 0 Å². The average molecular weight is 286 g/mol. The van der Waals surface area contributed by atoms with Crippen LogP contribution >= 0.6 is 11.6 Å². The van der Waals surface area contributed by atoms with E-state index >= 15 is 0 Å². The molecule has 0 aliphatic carbocycles. The maximum atomic E-state index is 12.4. The number of aromatic nitrogens is 2. The molecule has 0 saturated carbocycles. The van der Waals surface area contributed by atoms with E-state index in [0.29, 0.717) is 22.1 Å². The first kappa shape index (κ1) is 12.7. The Bertz CT molecular complexity index is 795. The van der Waals surface area contributed by atoms with Gasteiger partial charge >= 0.3 is 0 Å². The summed E-state index contributed by atoms with van der Waals surface area (Å²) in [6, 6.07) is 10.9. The number of amides is 1. The first-order valence-electron chi connectivity index (χ1n) is 6.16. The van der Waals surface area contributed by atoms with Crippen molar-refractivity contribution in [3.05, 3.63) is 59.0 Å². The highest BCUT2D eigenvalue weighted by Crippen LogP contribution is 2.20. The molecule has 0 fully saturated rings. The molecule has 2 N–H and O–H groups in total. The highest BCUT2D eigenvalue weighted by molar-refractivity contribution is 6.29. The van der Waals surface area contributed by atoms with E-state index in [4.69, 9.17) is 11.6 Å². The minimum atomic E-state index is -0.164. The van der Waals surface area contributed by atoms with Gasteiger partial charge in [0.25, 0.3) is 5.91 Å². The number of anilines is 1. The van der Waals surface area contributed by atoms with Crippen molar-refractivity contribution in [3.8, 4) is 0 Å². The van der Waals surface area contributed by atoms with Gasteiger partial charge in [0.2, 0.25) is 0 Å². The Labute approximate surface area is 120 Å². The molecule has 2 heterocycles. The van der Waals surface area contributed by atoms with Crippen molar-refractivity contribution in [2.24, 2.45) is 0 Å². The van der Waals surface area contributed by atoms with Gasteiger partial charge in [-0.25, -0.2) is 4.98 Å². The number of rotatable bonds is 2. The molecule has 0 radical (unpaired) electrons. The van der Waals surface area contributed by atoms with E-state index in [9.17, 15) is 4.79 Å². The van der Waals surface area contributed by atoms with E-state index in [1.54, 1.807) is 25.1 Å². The van der Waals surface area contributed by atoms with E-state index in [2.05, 4.69) is 15.3 Å². The normalized spacial score (nSPS) is 10.7. The minimum absolute atomic E-state index is 0.164. The number of carbonyl (C=O) groups is 1. The topological polar surface area (TPSA) is 57.8 Å². The summed E-state index contributed by atoms with van der Waals surface area (Å²) in [5, 5.41) is 4.17. The Hall–Kier alpha value is -2.33. The van der Waals surface area contributed by atoms with Gasteiger partial charge in [-0.1, -0.05) is 17.7 Å². The molecule has 0 saturated heterocycles. The molecule has 0 unspecified atom stereocenters. The van der Waals surface area contributed by atoms with E-state index < -0.39 is 0 Å². The molecule has 4 nitrogen and oxygen atoms in total. The number of benzene rings is 1. The van der Waals surface area contributed by atoms with Crippen LogP contribution in [0.1, 0.15) is 16.1 Å². The monoisotopic (exact) mass is 285 g/mol. The number of nitrogens with zero attached hydrogens (tertiary/aromatic N) is 1. The number of fused-ring (bicyclic) bond motifs is 1. The summed E-state index contributed by atoms with van der Waals surface area (Å²) in [5.41, 5.74) is 2.90. The molecular formula is C15H12ClN3O. The lowest BCUT2D eigenvalue weighted by molar-refractivity contribution is 0.102. The molecule has 0 bridgehead atoms. The number of halogens is 1. The van der Waals surface area contributed by atoms with Gasteiger partial charge < -0.3 is 10.3 Å². The average Bonchev–Trinajstić information content (AvgIpc) is 2.90. The lowest BCUT2D eigenvalue weighted by Gasteiger charge is -2.08. The highest BCUT2D eigenvalue weighted by Gasteiger charge is 2.12. The fourth-order valence-electron chi connectivity index (χ4n) is 2.14. The molecule has 1 amide bonds. The van der Waals surface area contributed by atoms with Gasteiger partial charge in [-0.15, -0.1) is 0 Å². The summed E-state index contributed by atoms with van der Waals surface area (Å²) in [4.78, 5) is 19.6. The predicted octanol–water partition coefficient (Wildman–Crippen LogP) is 3.78. The van der Waals surface area contributed by atoms with Crippen molar-refractivity contribution >= 4 is 34.1 Å². The first-order chi connectivity index (χ1) is 9.65. The number of carbonyl (C=O) groups excluding carboxylic acids is 1. The molecule has 20 heavy (non-hydrogen) atoms. The van der Waals surface area contributed by atoms with Gasteiger partial charge in [-0.3, -0.25) is 4.79 Å². The molecule has 0 atom stereocenters. The quantitative estimate of drug-likeness (QED) is 0.704. The molecule has 2 aromatic heterocycles. The van der Waals surface area contributed by atoms with E-state index in [-0.39, 0.29) is 5.91 Å². The van der Waals surface area contributed by atoms with Crippen LogP contribution in [0.5, 0.6) is 0 Å². The molecule has 0 spiro atoms. The Morgan fingerprint density at radius 3 is 2.90 bits per heavy atom. The molecule has 0 aliphatic heterocycles. The number of hydrogen-bond donors (Lipinski definition) is 2. The Morgan fingerprint density at radius 1 is 1.25 bits per heavy atom. The zero-order valence-corrected chi connectivity index (χ0v) is 11.5. The summed E-state index contributed by atoms with van der Waals surface area (Å²) in [6.45, 7) is 1.80. The predicted molar refractivity (Wildman–Crippen MR) is 80.2 cm³/mol. The number of nitrogens with one attached hydrogen (secondary N) is 2. The summed E-state index contributed by atoms with van der Waals surface area (Å²) in [5.74, 6) is -0.164. The smallest absolute Gasteiger partial charge is 0.256 e. The zero-order valence-electron chi connectivity index (χ0n) is 10.8. The fraction of sp³-hybridized carbons (Fsp3) is 0.0667. The molecule has 0 aliphatic rings. The van der Waals surface area contributed by atoms with E-state index in [1.165, 1.54) is 0 Å². The molecule has 100 valence electrons. The lowest BCUT2D eigenvalue weighted by atomic mass is 10.1. The van der Waals surface area contributed by atoms with Crippen LogP contribution in [-0.4, -0.2) is 15.9 Å². The van der Waals surface area contributed by atoms with Crippen LogP contribution in [-0.2, 0) is 0 Å². The lowest BCUT2D eigenvalue weighted by Crippen LogP contribution is -2.13. The zero-order chi connectivity index (χ0) is 14.1. The number of H-pyrrole nitrogens is 1. The first-order valence-corrected chi connectivity index (χ1v) is 6.53. The molecular weight excluding hydrogens is 274 g/mol. The fourth-order valence-corrected chi connectivity index (χ4v) is 2.33. The van der Waals surface area contributed by atoms with Crippen LogP contribution in [0.15, 0.2) is 42.6 Å². The molecule has 5 heteroatoms. The number of aromatic amines is 1. The van der Waals surface area contributed by atoms with Crippen molar-refractivity contribution < 1.29 is 4.79 Å². The van der Waals surface area contributed by atoms with Crippen molar-refractivity contribution in [1.82, 2.24) is 9.97 Å². The third-order valence-electron chi connectivity index (χ3n) is 3.14. The van der Waals surface area contributed by atoms with Gasteiger partial charge in [-0.2, -0.15) is 0 Å². The van der Waals surface area contributed by atoms with Gasteiger partial charge in [0.05, 0.1) is 11.4 Å². The number of hydrogen-bond acceptors (Lipinski definition) is 2. The third kappa shape index (κ3) is 2.26. The van der Waals surface area contributed by atoms with E-state index in [0.717, 1.165) is 10.9 Å². The molecule has 3 aromatic rings. The van der Waals surface area contributed by atoms with Crippen LogP contribution in [0.2, 0.25) is 5.15 Å². The number of pyridine rings is 1. The van der Waals surface area contributed by atoms with Gasteiger partial charge in [-0.05, 0) is 37.3 Å². The van der Waals surface area contributed by atoms with Crippen LogP contribution in [0.4, 0.5) is 5.69 Å². The van der Waals surface area contributed by atoms with Crippen LogP contribution in [0, 0.1) is 6.92 Å². The largest absolute Gasteiger partial charge is 0.361 e. The third-order valence-corrected chi connectivity index (χ3v) is 3.35. The van der Waals surface area contributed by atoms with Crippen LogP contribution in [0.25, 0.3) is 10.9 Å². The summed E-state index contributed by atoms with van der Waals surface area (Å²) < 4.78 is 0. The second-order valence-corrected chi connectivity index (χ2v) is 4.85. The molecule has 1 aromatic carbocycles. The second-order valence-electron chi connectivity index (χ2n) is 4.47. The van der Waals surface area contributed by atoms with Crippen LogP contribution < -0.4 is 5.32 Å².